The Balaban J connectivity index is 1.32. The quantitative estimate of drug-likeness (QED) is 0.525. The number of anilines is 1. The smallest absolute Gasteiger partial charge is 0.259 e. The van der Waals surface area contributed by atoms with E-state index in [2.05, 4.69) is 20.6 Å². The molecule has 31 heavy (non-hydrogen) atoms. The van der Waals surface area contributed by atoms with E-state index < -0.39 is 0 Å². The summed E-state index contributed by atoms with van der Waals surface area (Å²) >= 11 is 7.64. The number of carbonyl (C=O) groups excluding carboxylic acids is 2. The van der Waals surface area contributed by atoms with Gasteiger partial charge in [0, 0.05) is 28.4 Å². The molecule has 7 nitrogen and oxygen atoms in total. The number of aromatic amines is 1. The number of benzene rings is 1. The van der Waals surface area contributed by atoms with Crippen LogP contribution in [0.3, 0.4) is 0 Å². The Morgan fingerprint density at radius 3 is 2.87 bits per heavy atom. The first kappa shape index (κ1) is 21.5. The topological polar surface area (TPSA) is 104 Å². The number of halogens is 1. The van der Waals surface area contributed by atoms with Crippen LogP contribution >= 0.6 is 22.9 Å². The van der Waals surface area contributed by atoms with Crippen molar-refractivity contribution in [2.45, 2.75) is 45.4 Å². The number of carbonyl (C=O) groups is 2. The van der Waals surface area contributed by atoms with E-state index in [9.17, 15) is 14.4 Å². The van der Waals surface area contributed by atoms with Gasteiger partial charge in [-0.1, -0.05) is 17.7 Å². The van der Waals surface area contributed by atoms with E-state index in [-0.39, 0.29) is 30.3 Å². The second-order valence-corrected chi connectivity index (χ2v) is 9.13. The van der Waals surface area contributed by atoms with Crippen LogP contribution in [-0.4, -0.2) is 28.3 Å². The third-order valence-electron chi connectivity index (χ3n) is 5.45. The van der Waals surface area contributed by atoms with E-state index >= 15 is 0 Å². The molecule has 2 aromatic heterocycles. The number of hydrogen-bond acceptors (Lipinski definition) is 5. The molecule has 3 aromatic rings. The first-order valence-electron chi connectivity index (χ1n) is 10.3. The Morgan fingerprint density at radius 2 is 2.03 bits per heavy atom. The second-order valence-electron chi connectivity index (χ2n) is 7.64. The van der Waals surface area contributed by atoms with Crippen molar-refractivity contribution in [1.82, 2.24) is 15.3 Å². The Kier molecular flexibility index (Phi) is 6.38. The number of H-pyrrole nitrogens is 1. The minimum absolute atomic E-state index is 0.128. The van der Waals surface area contributed by atoms with Gasteiger partial charge in [-0.25, -0.2) is 4.98 Å². The standard InChI is InChI=1S/C22H23ClN4O3S/c1-12-14(23)6-4-7-15(12)25-19(29)11-24-18(28)10-9-17-26-21(30)20-13-5-2-3-8-16(13)31-22(20)27-17/h4,6-7H,2-3,5,8-11H2,1H3,(H,24,28)(H,25,29)(H,26,27,30). The predicted octanol–water partition coefficient (Wildman–Crippen LogP) is 3.51. The van der Waals surface area contributed by atoms with Crippen LogP contribution in [0, 0.1) is 6.92 Å². The van der Waals surface area contributed by atoms with Crippen LogP contribution in [0.4, 0.5) is 5.69 Å². The van der Waals surface area contributed by atoms with E-state index in [0.717, 1.165) is 41.6 Å². The zero-order valence-electron chi connectivity index (χ0n) is 17.1. The molecule has 2 amide bonds. The lowest BCUT2D eigenvalue weighted by Crippen LogP contribution is -2.33. The van der Waals surface area contributed by atoms with Crippen molar-refractivity contribution in [3.8, 4) is 0 Å². The molecule has 0 aliphatic heterocycles. The highest BCUT2D eigenvalue weighted by Gasteiger charge is 2.20. The molecule has 4 rings (SSSR count). The summed E-state index contributed by atoms with van der Waals surface area (Å²) in [4.78, 5) is 46.3. The number of nitrogens with zero attached hydrogens (tertiary/aromatic N) is 1. The molecule has 1 aliphatic rings. The van der Waals surface area contributed by atoms with Gasteiger partial charge in [-0.3, -0.25) is 14.4 Å². The summed E-state index contributed by atoms with van der Waals surface area (Å²) in [5.74, 6) is -0.132. The molecule has 0 radical (unpaired) electrons. The highest BCUT2D eigenvalue weighted by atomic mass is 35.5. The van der Waals surface area contributed by atoms with Gasteiger partial charge in [0.15, 0.2) is 0 Å². The molecule has 9 heteroatoms. The summed E-state index contributed by atoms with van der Waals surface area (Å²) in [6, 6.07) is 5.25. The van der Waals surface area contributed by atoms with Crippen LogP contribution in [-0.2, 0) is 28.9 Å². The number of nitrogens with one attached hydrogen (secondary N) is 3. The van der Waals surface area contributed by atoms with Crippen molar-refractivity contribution in [3.63, 3.8) is 0 Å². The number of fused-ring (bicyclic) bond motifs is 3. The maximum atomic E-state index is 12.6. The monoisotopic (exact) mass is 458 g/mol. The normalized spacial score (nSPS) is 13.1. The average molecular weight is 459 g/mol. The molecule has 1 aromatic carbocycles. The van der Waals surface area contributed by atoms with E-state index in [0.29, 0.717) is 28.3 Å². The molecule has 0 saturated carbocycles. The molecular weight excluding hydrogens is 436 g/mol. The van der Waals surface area contributed by atoms with Crippen LogP contribution in [0.2, 0.25) is 5.02 Å². The summed E-state index contributed by atoms with van der Waals surface area (Å²) in [6.45, 7) is 1.66. The average Bonchev–Trinajstić information content (AvgIpc) is 3.13. The van der Waals surface area contributed by atoms with Gasteiger partial charge in [-0.05, 0) is 55.9 Å². The second kappa shape index (κ2) is 9.20. The molecule has 0 atom stereocenters. The van der Waals surface area contributed by atoms with E-state index in [4.69, 9.17) is 11.6 Å². The van der Waals surface area contributed by atoms with Gasteiger partial charge in [0.25, 0.3) is 5.56 Å². The van der Waals surface area contributed by atoms with Gasteiger partial charge in [0.1, 0.15) is 10.7 Å². The molecule has 0 fully saturated rings. The summed E-state index contributed by atoms with van der Waals surface area (Å²) in [5, 5.41) is 6.60. The highest BCUT2D eigenvalue weighted by molar-refractivity contribution is 7.18. The van der Waals surface area contributed by atoms with Crippen LogP contribution in [0.25, 0.3) is 10.2 Å². The van der Waals surface area contributed by atoms with Gasteiger partial charge < -0.3 is 15.6 Å². The maximum Gasteiger partial charge on any atom is 0.259 e. The molecule has 162 valence electrons. The highest BCUT2D eigenvalue weighted by Crippen LogP contribution is 2.33. The van der Waals surface area contributed by atoms with Gasteiger partial charge in [0.2, 0.25) is 11.8 Å². The number of aryl methyl sites for hydroxylation is 3. The number of amides is 2. The lowest BCUT2D eigenvalue weighted by atomic mass is 9.97. The van der Waals surface area contributed by atoms with Crippen molar-refractivity contribution < 1.29 is 9.59 Å². The van der Waals surface area contributed by atoms with E-state index in [1.54, 1.807) is 29.5 Å². The van der Waals surface area contributed by atoms with Crippen LogP contribution in [0.5, 0.6) is 0 Å². The van der Waals surface area contributed by atoms with Gasteiger partial charge in [-0.15, -0.1) is 11.3 Å². The van der Waals surface area contributed by atoms with Crippen LogP contribution in [0.1, 0.15) is 41.1 Å². The Bertz CT molecular complexity index is 1220. The fraction of sp³-hybridized carbons (Fsp3) is 0.364. The maximum absolute atomic E-state index is 12.6. The first-order chi connectivity index (χ1) is 14.9. The first-order valence-corrected chi connectivity index (χ1v) is 11.5. The summed E-state index contributed by atoms with van der Waals surface area (Å²) in [7, 11) is 0. The summed E-state index contributed by atoms with van der Waals surface area (Å²) in [6.07, 6.45) is 4.61. The number of thiophene rings is 1. The summed E-state index contributed by atoms with van der Waals surface area (Å²) in [5.41, 5.74) is 2.39. The largest absolute Gasteiger partial charge is 0.347 e. The van der Waals surface area contributed by atoms with Crippen molar-refractivity contribution in [2.24, 2.45) is 0 Å². The van der Waals surface area contributed by atoms with E-state index in [1.165, 1.54) is 4.88 Å². The number of hydrogen-bond donors (Lipinski definition) is 3. The lowest BCUT2D eigenvalue weighted by molar-refractivity contribution is -0.124. The fourth-order valence-corrected chi connectivity index (χ4v) is 5.22. The Hall–Kier alpha value is -2.71. The van der Waals surface area contributed by atoms with E-state index in [1.807, 2.05) is 6.92 Å². The van der Waals surface area contributed by atoms with Crippen molar-refractivity contribution in [3.05, 3.63) is 55.4 Å². The number of rotatable bonds is 6. The Morgan fingerprint density at radius 1 is 1.23 bits per heavy atom. The molecule has 0 unspecified atom stereocenters. The van der Waals surface area contributed by atoms with Crippen molar-refractivity contribution >= 4 is 50.7 Å². The van der Waals surface area contributed by atoms with Gasteiger partial charge >= 0.3 is 0 Å². The third-order valence-corrected chi connectivity index (χ3v) is 7.05. The third kappa shape index (κ3) is 4.80. The van der Waals surface area contributed by atoms with Crippen LogP contribution in [0.15, 0.2) is 23.0 Å². The SMILES string of the molecule is Cc1c(Cl)cccc1NC(=O)CNC(=O)CCc1nc2sc3c(c2c(=O)[nH]1)CCCC3. The molecule has 3 N–H and O–H groups in total. The molecule has 1 aliphatic carbocycles. The van der Waals surface area contributed by atoms with Crippen molar-refractivity contribution in [2.75, 3.05) is 11.9 Å². The Labute approximate surface area is 188 Å². The lowest BCUT2D eigenvalue weighted by Gasteiger charge is -2.10. The fourth-order valence-electron chi connectivity index (χ4n) is 3.76. The van der Waals surface area contributed by atoms with Crippen LogP contribution < -0.4 is 16.2 Å². The molecular formula is C22H23ClN4O3S. The molecule has 2 heterocycles. The molecule has 0 saturated heterocycles. The zero-order chi connectivity index (χ0) is 22.0. The minimum atomic E-state index is -0.337. The van der Waals surface area contributed by atoms with Gasteiger partial charge in [-0.2, -0.15) is 0 Å². The predicted molar refractivity (Wildman–Crippen MR) is 123 cm³/mol. The summed E-state index contributed by atoms with van der Waals surface area (Å²) < 4.78 is 0. The molecule has 0 spiro atoms. The van der Waals surface area contributed by atoms with Gasteiger partial charge in [0.05, 0.1) is 11.9 Å². The number of aromatic nitrogens is 2. The van der Waals surface area contributed by atoms with Crippen molar-refractivity contribution in [1.29, 1.82) is 0 Å². The molecule has 0 bridgehead atoms. The minimum Gasteiger partial charge on any atom is -0.347 e. The zero-order valence-corrected chi connectivity index (χ0v) is 18.7.